The number of fused-ring (bicyclic) bond motifs is 1. The number of benzene rings is 2. The van der Waals surface area contributed by atoms with Gasteiger partial charge in [0.1, 0.15) is 12.1 Å². The van der Waals surface area contributed by atoms with E-state index in [0.717, 1.165) is 30.4 Å². The number of carbonyl (C=O) groups is 3. The third-order valence-electron chi connectivity index (χ3n) is 7.08. The van der Waals surface area contributed by atoms with Crippen molar-refractivity contribution in [3.63, 3.8) is 0 Å². The molecule has 0 bridgehead atoms. The van der Waals surface area contributed by atoms with Gasteiger partial charge in [-0.2, -0.15) is 0 Å². The first kappa shape index (κ1) is 24.0. The number of nitrogens with zero attached hydrogens (tertiary/aromatic N) is 1. The van der Waals surface area contributed by atoms with Crippen molar-refractivity contribution in [3.8, 4) is 0 Å². The summed E-state index contributed by atoms with van der Waals surface area (Å²) in [6.45, 7) is 1.76. The van der Waals surface area contributed by atoms with E-state index in [-0.39, 0.29) is 35.8 Å². The van der Waals surface area contributed by atoms with Crippen LogP contribution in [0.1, 0.15) is 56.2 Å². The van der Waals surface area contributed by atoms with Crippen molar-refractivity contribution in [1.82, 2.24) is 20.9 Å². The number of rotatable bonds is 7. The van der Waals surface area contributed by atoms with E-state index < -0.39 is 12.1 Å². The average molecular weight is 463 g/mol. The molecular weight excluding hydrogens is 428 g/mol. The van der Waals surface area contributed by atoms with E-state index in [0.29, 0.717) is 12.8 Å². The molecule has 0 spiro atoms. The molecule has 3 N–H and O–H groups in total. The smallest absolute Gasteiger partial charge is 0.246 e. The average Bonchev–Trinajstić information content (AvgIpc) is 3.24. The second kappa shape index (κ2) is 10.8. The summed E-state index contributed by atoms with van der Waals surface area (Å²) in [6, 6.07) is 18.0. The fourth-order valence-electron chi connectivity index (χ4n) is 5.07. The summed E-state index contributed by atoms with van der Waals surface area (Å²) >= 11 is 0. The third-order valence-corrected chi connectivity index (χ3v) is 7.08. The van der Waals surface area contributed by atoms with Gasteiger partial charge < -0.3 is 20.9 Å². The molecule has 4 rings (SSSR count). The van der Waals surface area contributed by atoms with Crippen molar-refractivity contribution < 1.29 is 14.4 Å². The molecule has 2 saturated heterocycles. The van der Waals surface area contributed by atoms with Gasteiger partial charge in [-0.1, -0.05) is 60.7 Å². The molecule has 3 amide bonds. The van der Waals surface area contributed by atoms with Crippen molar-refractivity contribution in [2.24, 2.45) is 0 Å². The number of likely N-dealkylation sites (N-methyl/N-ethyl adjacent to an activating group) is 1. The minimum atomic E-state index is -0.597. The van der Waals surface area contributed by atoms with E-state index in [1.54, 1.807) is 18.9 Å². The number of hydrogen-bond donors (Lipinski definition) is 3. The van der Waals surface area contributed by atoms with Gasteiger partial charge in [-0.15, -0.1) is 0 Å². The summed E-state index contributed by atoms with van der Waals surface area (Å²) in [5.74, 6) is -0.496. The Bertz CT molecular complexity index is 958. The zero-order valence-corrected chi connectivity index (χ0v) is 19.9. The molecule has 2 aromatic rings. The Hall–Kier alpha value is -3.19. The molecule has 7 heteroatoms. The van der Waals surface area contributed by atoms with Crippen LogP contribution >= 0.6 is 0 Å². The molecule has 0 radical (unpaired) electrons. The molecule has 2 aromatic carbocycles. The van der Waals surface area contributed by atoms with E-state index in [4.69, 9.17) is 0 Å². The Morgan fingerprint density at radius 3 is 2.12 bits per heavy atom. The molecular formula is C27H34N4O3. The van der Waals surface area contributed by atoms with E-state index in [1.807, 2.05) is 60.7 Å². The highest BCUT2D eigenvalue weighted by Crippen LogP contribution is 2.33. The lowest BCUT2D eigenvalue weighted by Crippen LogP contribution is -2.56. The zero-order chi connectivity index (χ0) is 24.1. The van der Waals surface area contributed by atoms with Gasteiger partial charge in [0.05, 0.1) is 12.1 Å². The van der Waals surface area contributed by atoms with Gasteiger partial charge in [-0.3, -0.25) is 14.4 Å². The highest BCUT2D eigenvalue weighted by Gasteiger charge is 2.45. The van der Waals surface area contributed by atoms with Crippen LogP contribution in [0, 0.1) is 0 Å². The quantitative estimate of drug-likeness (QED) is 0.590. The summed E-state index contributed by atoms with van der Waals surface area (Å²) < 4.78 is 0. The van der Waals surface area contributed by atoms with Crippen LogP contribution in [0.15, 0.2) is 60.7 Å². The predicted octanol–water partition coefficient (Wildman–Crippen LogP) is 2.53. The normalized spacial score (nSPS) is 23.2. The maximum atomic E-state index is 13.6. The summed E-state index contributed by atoms with van der Waals surface area (Å²) in [7, 11) is 1.71. The Morgan fingerprint density at radius 2 is 1.53 bits per heavy atom. The lowest BCUT2D eigenvalue weighted by Gasteiger charge is -2.32. The monoisotopic (exact) mass is 462 g/mol. The predicted molar refractivity (Wildman–Crippen MR) is 131 cm³/mol. The highest BCUT2D eigenvalue weighted by atomic mass is 16.2. The second-order valence-electron chi connectivity index (χ2n) is 9.26. The topological polar surface area (TPSA) is 90.5 Å². The van der Waals surface area contributed by atoms with Gasteiger partial charge in [0.2, 0.25) is 17.7 Å². The van der Waals surface area contributed by atoms with Crippen LogP contribution in [0.2, 0.25) is 0 Å². The minimum absolute atomic E-state index is 0.0405. The molecule has 180 valence electrons. The van der Waals surface area contributed by atoms with Crippen molar-refractivity contribution in [2.75, 3.05) is 7.05 Å². The first-order valence-corrected chi connectivity index (χ1v) is 12.2. The van der Waals surface area contributed by atoms with Crippen LogP contribution in [-0.4, -0.2) is 53.8 Å². The van der Waals surface area contributed by atoms with Crippen LogP contribution in [0.3, 0.4) is 0 Å². The number of carbonyl (C=O) groups excluding carboxylic acids is 3. The molecule has 4 atom stereocenters. The molecule has 0 unspecified atom stereocenters. The van der Waals surface area contributed by atoms with Crippen LogP contribution < -0.4 is 16.0 Å². The highest BCUT2D eigenvalue weighted by molar-refractivity contribution is 5.94. The molecule has 0 saturated carbocycles. The van der Waals surface area contributed by atoms with Crippen LogP contribution in [0.25, 0.3) is 0 Å². The Labute approximate surface area is 201 Å². The summed E-state index contributed by atoms with van der Waals surface area (Å²) in [6.07, 6.45) is 3.73. The minimum Gasteiger partial charge on any atom is -0.343 e. The summed E-state index contributed by atoms with van der Waals surface area (Å²) in [5.41, 5.74) is 1.98. The summed E-state index contributed by atoms with van der Waals surface area (Å²) in [4.78, 5) is 41.3. The van der Waals surface area contributed by atoms with Crippen molar-refractivity contribution in [2.45, 2.75) is 69.2 Å². The van der Waals surface area contributed by atoms with Crippen LogP contribution in [0.5, 0.6) is 0 Å². The second-order valence-corrected chi connectivity index (χ2v) is 9.26. The largest absolute Gasteiger partial charge is 0.343 e. The Kier molecular flexibility index (Phi) is 7.63. The van der Waals surface area contributed by atoms with Crippen molar-refractivity contribution >= 4 is 17.7 Å². The molecule has 2 aliphatic rings. The SMILES string of the molecule is CN[C@@H](C)C(=O)N[C@H]1CCC[C@H]2CC[C@@H](C(=O)NC(c3ccccc3)c3ccccc3)N2C1=O. The third kappa shape index (κ3) is 5.14. The van der Waals surface area contributed by atoms with Crippen molar-refractivity contribution in [3.05, 3.63) is 71.8 Å². The molecule has 7 nitrogen and oxygen atoms in total. The zero-order valence-electron chi connectivity index (χ0n) is 19.9. The molecule has 2 fully saturated rings. The van der Waals surface area contributed by atoms with E-state index in [9.17, 15) is 14.4 Å². The van der Waals surface area contributed by atoms with E-state index >= 15 is 0 Å². The molecule has 0 aliphatic carbocycles. The molecule has 2 heterocycles. The van der Waals surface area contributed by atoms with Crippen LogP contribution in [0.4, 0.5) is 0 Å². The number of hydrogen-bond acceptors (Lipinski definition) is 4. The fraction of sp³-hybridized carbons (Fsp3) is 0.444. The van der Waals surface area contributed by atoms with Crippen LogP contribution in [-0.2, 0) is 14.4 Å². The van der Waals surface area contributed by atoms with Gasteiger partial charge in [0, 0.05) is 6.04 Å². The lowest BCUT2D eigenvalue weighted by atomic mass is 9.98. The standard InChI is InChI=1S/C27H34N4O3/c1-18(28-2)25(32)29-22-15-9-14-21-16-17-23(31(21)27(22)34)26(33)30-24(19-10-5-3-6-11-19)20-12-7-4-8-13-20/h3-8,10-13,18,21-24,28H,9,14-17H2,1-2H3,(H,29,32)(H,30,33)/t18-,21-,22-,23-/m0/s1. The van der Waals surface area contributed by atoms with Crippen molar-refractivity contribution in [1.29, 1.82) is 0 Å². The molecule has 0 aromatic heterocycles. The first-order valence-electron chi connectivity index (χ1n) is 12.2. The van der Waals surface area contributed by atoms with Gasteiger partial charge in [0.25, 0.3) is 0 Å². The maximum Gasteiger partial charge on any atom is 0.246 e. The first-order chi connectivity index (χ1) is 16.5. The number of nitrogens with one attached hydrogen (secondary N) is 3. The molecule has 2 aliphatic heterocycles. The fourth-order valence-corrected chi connectivity index (χ4v) is 5.07. The van der Waals surface area contributed by atoms with Gasteiger partial charge >= 0.3 is 0 Å². The van der Waals surface area contributed by atoms with Gasteiger partial charge in [-0.05, 0) is 57.2 Å². The summed E-state index contributed by atoms with van der Waals surface area (Å²) in [5, 5.41) is 9.03. The lowest BCUT2D eigenvalue weighted by molar-refractivity contribution is -0.143. The van der Waals surface area contributed by atoms with Gasteiger partial charge in [-0.25, -0.2) is 0 Å². The van der Waals surface area contributed by atoms with E-state index in [1.165, 1.54) is 0 Å². The Balaban J connectivity index is 1.54. The Morgan fingerprint density at radius 1 is 0.912 bits per heavy atom. The van der Waals surface area contributed by atoms with Gasteiger partial charge in [0.15, 0.2) is 0 Å². The molecule has 34 heavy (non-hydrogen) atoms. The maximum absolute atomic E-state index is 13.6. The van der Waals surface area contributed by atoms with E-state index in [2.05, 4.69) is 16.0 Å². The number of amides is 3.